The average molecular weight is 344 g/mol. The number of rotatable bonds is 4. The fraction of sp³-hybridized carbons (Fsp3) is 0.385. The van der Waals surface area contributed by atoms with Crippen LogP contribution in [0.5, 0.6) is 0 Å². The van der Waals surface area contributed by atoms with Crippen LogP contribution in [0.25, 0.3) is 0 Å². The summed E-state index contributed by atoms with van der Waals surface area (Å²) in [6, 6.07) is 2.17. The van der Waals surface area contributed by atoms with Crippen LogP contribution in [0.1, 0.15) is 40.7 Å². The number of carbonyl (C=O) groups excluding carboxylic acids is 1. The van der Waals surface area contributed by atoms with E-state index in [4.69, 9.17) is 4.52 Å². The van der Waals surface area contributed by atoms with Crippen molar-refractivity contribution in [2.45, 2.75) is 30.1 Å². The van der Waals surface area contributed by atoms with Crippen LogP contribution < -0.4 is 5.32 Å². The molecular weight excluding hydrogens is 333 g/mol. The molecule has 6 nitrogen and oxygen atoms in total. The van der Waals surface area contributed by atoms with Crippen LogP contribution in [0, 0.1) is 0 Å². The molecule has 1 N–H and O–H groups in total. The van der Waals surface area contributed by atoms with Gasteiger partial charge >= 0.3 is 6.18 Å². The topological polar surface area (TPSA) is 80.9 Å². The molecule has 0 unspecified atom stereocenters. The predicted molar refractivity (Wildman–Crippen MR) is 75.2 cm³/mol. The zero-order valence-corrected chi connectivity index (χ0v) is 12.7. The molecule has 2 aromatic heterocycles. The number of hydrogen-bond donors (Lipinski definition) is 1. The Bertz CT molecular complexity index is 743. The third-order valence-electron chi connectivity index (χ3n) is 3.17. The Morgan fingerprint density at radius 3 is 2.70 bits per heavy atom. The SMILES string of the molecule is CSc1nc(NC(=O)c2cc(C3CC3)no2)cc(C(F)(F)F)n1. The molecule has 0 aliphatic heterocycles. The molecule has 0 aromatic carbocycles. The van der Waals surface area contributed by atoms with Crippen molar-refractivity contribution in [2.24, 2.45) is 0 Å². The summed E-state index contributed by atoms with van der Waals surface area (Å²) < 4.78 is 43.3. The molecule has 0 bridgehead atoms. The summed E-state index contributed by atoms with van der Waals surface area (Å²) >= 11 is 0.943. The minimum absolute atomic E-state index is 0.0650. The first-order chi connectivity index (χ1) is 10.9. The van der Waals surface area contributed by atoms with Gasteiger partial charge in [-0.2, -0.15) is 13.2 Å². The van der Waals surface area contributed by atoms with Crippen molar-refractivity contribution in [1.29, 1.82) is 0 Å². The zero-order chi connectivity index (χ0) is 16.6. The minimum Gasteiger partial charge on any atom is -0.351 e. The van der Waals surface area contributed by atoms with Gasteiger partial charge in [0.15, 0.2) is 10.9 Å². The standard InChI is InChI=1S/C13H11F3N4O2S/c1-23-12-17-9(13(14,15)16)5-10(19-12)18-11(21)8-4-7(20-22-8)6-2-3-6/h4-6H,2-3H2,1H3,(H,17,18,19,21). The van der Waals surface area contributed by atoms with Crippen molar-refractivity contribution < 1.29 is 22.5 Å². The number of hydrogen-bond acceptors (Lipinski definition) is 6. The maximum absolute atomic E-state index is 12.8. The highest BCUT2D eigenvalue weighted by molar-refractivity contribution is 7.98. The van der Waals surface area contributed by atoms with Gasteiger partial charge in [-0.1, -0.05) is 16.9 Å². The van der Waals surface area contributed by atoms with Crippen molar-refractivity contribution in [2.75, 3.05) is 11.6 Å². The largest absolute Gasteiger partial charge is 0.433 e. The smallest absolute Gasteiger partial charge is 0.351 e. The van der Waals surface area contributed by atoms with Gasteiger partial charge in [0.2, 0.25) is 5.76 Å². The zero-order valence-electron chi connectivity index (χ0n) is 11.8. The number of halogens is 3. The van der Waals surface area contributed by atoms with Crippen molar-refractivity contribution in [3.63, 3.8) is 0 Å². The van der Waals surface area contributed by atoms with E-state index in [1.165, 1.54) is 6.07 Å². The summed E-state index contributed by atoms with van der Waals surface area (Å²) in [7, 11) is 0. The summed E-state index contributed by atoms with van der Waals surface area (Å²) in [5.74, 6) is -0.710. The van der Waals surface area contributed by atoms with Crippen molar-refractivity contribution in [1.82, 2.24) is 15.1 Å². The van der Waals surface area contributed by atoms with E-state index < -0.39 is 17.8 Å². The Morgan fingerprint density at radius 1 is 1.35 bits per heavy atom. The maximum Gasteiger partial charge on any atom is 0.433 e. The van der Waals surface area contributed by atoms with Gasteiger partial charge in [0.25, 0.3) is 5.91 Å². The van der Waals surface area contributed by atoms with E-state index in [0.29, 0.717) is 17.7 Å². The first kappa shape index (κ1) is 15.8. The Morgan fingerprint density at radius 2 is 2.09 bits per heavy atom. The summed E-state index contributed by atoms with van der Waals surface area (Å²) in [6.45, 7) is 0. The van der Waals surface area contributed by atoms with Gasteiger partial charge in [-0.15, -0.1) is 0 Å². The first-order valence-corrected chi connectivity index (χ1v) is 7.87. The van der Waals surface area contributed by atoms with E-state index in [2.05, 4.69) is 20.4 Å². The Kier molecular flexibility index (Phi) is 4.00. The molecule has 3 rings (SSSR count). The molecule has 23 heavy (non-hydrogen) atoms. The van der Waals surface area contributed by atoms with Crippen LogP contribution >= 0.6 is 11.8 Å². The number of carbonyl (C=O) groups is 1. The van der Waals surface area contributed by atoms with Crippen molar-refractivity contribution >= 4 is 23.5 Å². The number of nitrogens with zero attached hydrogens (tertiary/aromatic N) is 3. The van der Waals surface area contributed by atoms with Gasteiger partial charge in [0.05, 0.1) is 5.69 Å². The number of thioether (sulfide) groups is 1. The molecule has 1 aliphatic rings. The van der Waals surface area contributed by atoms with Crippen LogP contribution in [0.4, 0.5) is 19.0 Å². The predicted octanol–water partition coefficient (Wildman–Crippen LogP) is 3.34. The maximum atomic E-state index is 12.8. The molecule has 2 heterocycles. The first-order valence-electron chi connectivity index (χ1n) is 6.65. The Labute approximate surface area is 132 Å². The minimum atomic E-state index is -4.63. The molecule has 1 saturated carbocycles. The van der Waals surface area contributed by atoms with Crippen molar-refractivity contribution in [3.05, 3.63) is 29.3 Å². The molecule has 0 saturated heterocycles. The van der Waals surface area contributed by atoms with Gasteiger partial charge < -0.3 is 9.84 Å². The van der Waals surface area contributed by atoms with Gasteiger partial charge in [-0.05, 0) is 19.1 Å². The average Bonchev–Trinajstić information content (AvgIpc) is 3.23. The monoisotopic (exact) mass is 344 g/mol. The summed E-state index contributed by atoms with van der Waals surface area (Å²) in [6.07, 6.45) is -1.10. The van der Waals surface area contributed by atoms with Gasteiger partial charge in [0, 0.05) is 18.1 Å². The third kappa shape index (κ3) is 3.63. The highest BCUT2D eigenvalue weighted by atomic mass is 32.2. The quantitative estimate of drug-likeness (QED) is 0.677. The van der Waals surface area contributed by atoms with Gasteiger partial charge in [0.1, 0.15) is 5.82 Å². The molecular formula is C13H11F3N4O2S. The number of amides is 1. The van der Waals surface area contributed by atoms with E-state index >= 15 is 0 Å². The van der Waals surface area contributed by atoms with E-state index in [-0.39, 0.29) is 16.7 Å². The highest BCUT2D eigenvalue weighted by Gasteiger charge is 2.34. The lowest BCUT2D eigenvalue weighted by Gasteiger charge is -2.09. The lowest BCUT2D eigenvalue weighted by molar-refractivity contribution is -0.141. The lowest BCUT2D eigenvalue weighted by atomic mass is 10.2. The number of nitrogens with one attached hydrogen (secondary N) is 1. The van der Waals surface area contributed by atoms with E-state index in [1.54, 1.807) is 6.26 Å². The summed E-state index contributed by atoms with van der Waals surface area (Å²) in [5, 5.41) is 5.97. The van der Waals surface area contributed by atoms with Crippen LogP contribution in [-0.4, -0.2) is 27.3 Å². The molecule has 2 aromatic rings. The van der Waals surface area contributed by atoms with Gasteiger partial charge in [-0.3, -0.25) is 4.79 Å². The number of anilines is 1. The molecule has 1 fully saturated rings. The fourth-order valence-electron chi connectivity index (χ4n) is 1.87. The highest BCUT2D eigenvalue weighted by Crippen LogP contribution is 2.39. The Balaban J connectivity index is 1.81. The van der Waals surface area contributed by atoms with Crippen LogP contribution in [0.3, 0.4) is 0 Å². The summed E-state index contributed by atoms with van der Waals surface area (Å²) in [5.41, 5.74) is -0.443. The second-order valence-electron chi connectivity index (χ2n) is 4.97. The van der Waals surface area contributed by atoms with E-state index in [1.807, 2.05) is 0 Å². The lowest BCUT2D eigenvalue weighted by Crippen LogP contribution is -2.15. The second-order valence-corrected chi connectivity index (χ2v) is 5.74. The molecule has 0 spiro atoms. The third-order valence-corrected chi connectivity index (χ3v) is 3.72. The molecule has 1 amide bonds. The van der Waals surface area contributed by atoms with Crippen LogP contribution in [0.2, 0.25) is 0 Å². The fourth-order valence-corrected chi connectivity index (χ4v) is 2.25. The van der Waals surface area contributed by atoms with Crippen LogP contribution in [0.15, 0.2) is 21.8 Å². The number of alkyl halides is 3. The van der Waals surface area contributed by atoms with Gasteiger partial charge in [-0.25, -0.2) is 9.97 Å². The van der Waals surface area contributed by atoms with E-state index in [0.717, 1.165) is 24.6 Å². The molecule has 1 aliphatic carbocycles. The molecule has 10 heteroatoms. The number of aromatic nitrogens is 3. The summed E-state index contributed by atoms with van der Waals surface area (Å²) in [4.78, 5) is 19.3. The van der Waals surface area contributed by atoms with Crippen LogP contribution in [-0.2, 0) is 6.18 Å². The van der Waals surface area contributed by atoms with E-state index in [9.17, 15) is 18.0 Å². The molecule has 0 radical (unpaired) electrons. The van der Waals surface area contributed by atoms with Crippen molar-refractivity contribution in [3.8, 4) is 0 Å². The molecule has 122 valence electrons. The Hall–Kier alpha value is -2.10. The molecule has 0 atom stereocenters. The normalized spacial score (nSPS) is 14.8. The second kappa shape index (κ2) is 5.84.